The summed E-state index contributed by atoms with van der Waals surface area (Å²) in [6.07, 6.45) is 5.05. The molecule has 2 unspecified atom stereocenters. The van der Waals surface area contributed by atoms with Crippen LogP contribution in [0.4, 0.5) is 5.69 Å². The summed E-state index contributed by atoms with van der Waals surface area (Å²) < 4.78 is 0. The molecular formula is C24H28N2O2. The molecular weight excluding hydrogens is 348 g/mol. The summed E-state index contributed by atoms with van der Waals surface area (Å²) in [4.78, 5) is 28.0. The molecule has 1 heterocycles. The molecule has 1 saturated carbocycles. The molecule has 1 aliphatic heterocycles. The van der Waals surface area contributed by atoms with Crippen molar-refractivity contribution in [2.45, 2.75) is 38.0 Å². The van der Waals surface area contributed by atoms with Crippen LogP contribution in [-0.2, 0) is 9.59 Å². The van der Waals surface area contributed by atoms with E-state index in [4.69, 9.17) is 0 Å². The molecule has 146 valence electrons. The Labute approximate surface area is 166 Å². The Bertz CT molecular complexity index is 800. The summed E-state index contributed by atoms with van der Waals surface area (Å²) in [5.74, 6) is 0.412. The van der Waals surface area contributed by atoms with E-state index in [1.807, 2.05) is 53.4 Å². The zero-order valence-corrected chi connectivity index (χ0v) is 16.2. The van der Waals surface area contributed by atoms with Gasteiger partial charge in [-0.05, 0) is 37.0 Å². The maximum absolute atomic E-state index is 13.1. The highest BCUT2D eigenvalue weighted by Gasteiger charge is 2.37. The molecule has 4 nitrogen and oxygen atoms in total. The van der Waals surface area contributed by atoms with E-state index < -0.39 is 0 Å². The minimum Gasteiger partial charge on any atom is -0.341 e. The number of benzene rings is 2. The zero-order valence-electron chi connectivity index (χ0n) is 16.2. The molecule has 1 aliphatic carbocycles. The van der Waals surface area contributed by atoms with Crippen molar-refractivity contribution in [2.24, 2.45) is 11.8 Å². The number of nitrogens with zero attached hydrogens (tertiary/aromatic N) is 1. The van der Waals surface area contributed by atoms with E-state index in [-0.39, 0.29) is 29.6 Å². The second kappa shape index (κ2) is 8.59. The van der Waals surface area contributed by atoms with Gasteiger partial charge >= 0.3 is 0 Å². The number of carbonyl (C=O) groups excluding carboxylic acids is 2. The van der Waals surface area contributed by atoms with Crippen molar-refractivity contribution in [1.82, 2.24) is 4.90 Å². The lowest BCUT2D eigenvalue weighted by Crippen LogP contribution is -2.48. The van der Waals surface area contributed by atoms with Gasteiger partial charge in [0.25, 0.3) is 0 Å². The van der Waals surface area contributed by atoms with Crippen LogP contribution in [-0.4, -0.2) is 29.8 Å². The van der Waals surface area contributed by atoms with Gasteiger partial charge in [-0.15, -0.1) is 0 Å². The van der Waals surface area contributed by atoms with Gasteiger partial charge < -0.3 is 10.2 Å². The SMILES string of the molecule is O=C(Nc1ccccc1)C1CC(c2ccccc2)CN(C(=O)C2CCCC2)C1. The Hall–Kier alpha value is -2.62. The van der Waals surface area contributed by atoms with E-state index in [1.165, 1.54) is 5.56 Å². The van der Waals surface area contributed by atoms with E-state index in [1.54, 1.807) is 0 Å². The third kappa shape index (κ3) is 4.27. The van der Waals surface area contributed by atoms with Crippen LogP contribution in [0.5, 0.6) is 0 Å². The number of anilines is 1. The fourth-order valence-electron chi connectivity index (χ4n) is 4.63. The van der Waals surface area contributed by atoms with Gasteiger partial charge in [-0.2, -0.15) is 0 Å². The first-order valence-corrected chi connectivity index (χ1v) is 10.4. The number of piperidine rings is 1. The maximum atomic E-state index is 13.1. The Morgan fingerprint density at radius 1 is 0.821 bits per heavy atom. The normalized spacial score (nSPS) is 22.8. The predicted molar refractivity (Wildman–Crippen MR) is 111 cm³/mol. The van der Waals surface area contributed by atoms with Crippen LogP contribution < -0.4 is 5.32 Å². The van der Waals surface area contributed by atoms with Crippen LogP contribution in [0, 0.1) is 11.8 Å². The summed E-state index contributed by atoms with van der Waals surface area (Å²) in [7, 11) is 0. The Balaban J connectivity index is 1.52. The monoisotopic (exact) mass is 376 g/mol. The summed E-state index contributed by atoms with van der Waals surface area (Å²) in [6, 6.07) is 19.9. The standard InChI is InChI=1S/C24H28N2O2/c27-23(25-22-13-5-2-6-14-22)21-15-20(18-9-3-1-4-10-18)16-26(17-21)24(28)19-11-7-8-12-19/h1-6,9-10,13-14,19-21H,7-8,11-12,15-17H2,(H,25,27). The van der Waals surface area contributed by atoms with Gasteiger partial charge in [0.2, 0.25) is 11.8 Å². The fourth-order valence-corrected chi connectivity index (χ4v) is 4.63. The van der Waals surface area contributed by atoms with Crippen molar-refractivity contribution in [1.29, 1.82) is 0 Å². The Morgan fingerprint density at radius 3 is 2.14 bits per heavy atom. The van der Waals surface area contributed by atoms with Gasteiger partial charge in [0.15, 0.2) is 0 Å². The molecule has 0 spiro atoms. The molecule has 2 amide bonds. The Kier molecular flexibility index (Phi) is 5.75. The number of rotatable bonds is 4. The quantitative estimate of drug-likeness (QED) is 0.857. The van der Waals surface area contributed by atoms with Crippen molar-refractivity contribution in [3.63, 3.8) is 0 Å². The van der Waals surface area contributed by atoms with Gasteiger partial charge in [-0.3, -0.25) is 9.59 Å². The van der Waals surface area contributed by atoms with Gasteiger partial charge in [0.1, 0.15) is 0 Å². The number of amides is 2. The third-order valence-corrected chi connectivity index (χ3v) is 6.15. The van der Waals surface area contributed by atoms with E-state index >= 15 is 0 Å². The van der Waals surface area contributed by atoms with Crippen molar-refractivity contribution in [2.75, 3.05) is 18.4 Å². The molecule has 0 radical (unpaired) electrons. The second-order valence-corrected chi connectivity index (χ2v) is 8.12. The van der Waals surface area contributed by atoms with Crippen molar-refractivity contribution in [3.05, 3.63) is 66.2 Å². The van der Waals surface area contributed by atoms with Crippen LogP contribution in [0.25, 0.3) is 0 Å². The summed E-state index contributed by atoms with van der Waals surface area (Å²) in [6.45, 7) is 1.24. The maximum Gasteiger partial charge on any atom is 0.229 e. The molecule has 2 aliphatic rings. The number of hydrogen-bond acceptors (Lipinski definition) is 2. The van der Waals surface area contributed by atoms with Gasteiger partial charge in [0, 0.05) is 30.6 Å². The van der Waals surface area contributed by atoms with Crippen LogP contribution in [0.1, 0.15) is 43.6 Å². The van der Waals surface area contributed by atoms with E-state index in [9.17, 15) is 9.59 Å². The number of para-hydroxylation sites is 1. The first-order valence-electron chi connectivity index (χ1n) is 10.4. The van der Waals surface area contributed by atoms with Gasteiger partial charge in [0.05, 0.1) is 5.92 Å². The van der Waals surface area contributed by atoms with Gasteiger partial charge in [-0.25, -0.2) is 0 Å². The number of carbonyl (C=O) groups is 2. The van der Waals surface area contributed by atoms with Crippen molar-refractivity contribution in [3.8, 4) is 0 Å². The molecule has 4 heteroatoms. The van der Waals surface area contributed by atoms with E-state index in [2.05, 4.69) is 17.4 Å². The molecule has 4 rings (SSSR count). The lowest BCUT2D eigenvalue weighted by molar-refractivity contribution is -0.138. The van der Waals surface area contributed by atoms with E-state index in [0.717, 1.165) is 37.8 Å². The average molecular weight is 377 g/mol. The topological polar surface area (TPSA) is 49.4 Å². The fraction of sp³-hybridized carbons (Fsp3) is 0.417. The van der Waals surface area contributed by atoms with Crippen molar-refractivity contribution >= 4 is 17.5 Å². The summed E-state index contributed by atoms with van der Waals surface area (Å²) in [5, 5.41) is 3.04. The molecule has 28 heavy (non-hydrogen) atoms. The molecule has 2 aromatic carbocycles. The largest absolute Gasteiger partial charge is 0.341 e. The highest BCUT2D eigenvalue weighted by Crippen LogP contribution is 2.34. The zero-order chi connectivity index (χ0) is 19.3. The third-order valence-electron chi connectivity index (χ3n) is 6.15. The first-order chi connectivity index (χ1) is 13.7. The van der Waals surface area contributed by atoms with Crippen LogP contribution in [0.2, 0.25) is 0 Å². The van der Waals surface area contributed by atoms with Crippen LogP contribution in [0.3, 0.4) is 0 Å². The number of likely N-dealkylation sites (tertiary alicyclic amines) is 1. The van der Waals surface area contributed by atoms with E-state index in [0.29, 0.717) is 13.1 Å². The summed E-state index contributed by atoms with van der Waals surface area (Å²) >= 11 is 0. The van der Waals surface area contributed by atoms with Crippen molar-refractivity contribution < 1.29 is 9.59 Å². The lowest BCUT2D eigenvalue weighted by Gasteiger charge is -2.38. The molecule has 2 fully saturated rings. The molecule has 1 saturated heterocycles. The highest BCUT2D eigenvalue weighted by atomic mass is 16.2. The molecule has 0 bridgehead atoms. The smallest absolute Gasteiger partial charge is 0.229 e. The number of hydrogen-bond donors (Lipinski definition) is 1. The predicted octanol–water partition coefficient (Wildman–Crippen LogP) is 4.45. The molecule has 0 aromatic heterocycles. The minimum absolute atomic E-state index is 0.0102. The highest BCUT2D eigenvalue weighted by molar-refractivity contribution is 5.93. The molecule has 2 aromatic rings. The van der Waals surface area contributed by atoms with Crippen LogP contribution in [0.15, 0.2) is 60.7 Å². The summed E-state index contributed by atoms with van der Waals surface area (Å²) in [5.41, 5.74) is 2.02. The first kappa shape index (κ1) is 18.7. The van der Waals surface area contributed by atoms with Crippen LogP contribution >= 0.6 is 0 Å². The van der Waals surface area contributed by atoms with Gasteiger partial charge in [-0.1, -0.05) is 61.4 Å². The second-order valence-electron chi connectivity index (χ2n) is 8.12. The lowest BCUT2D eigenvalue weighted by atomic mass is 9.83. The average Bonchev–Trinajstić information content (AvgIpc) is 3.29. The number of nitrogens with one attached hydrogen (secondary N) is 1. The minimum atomic E-state index is -0.190. The molecule has 1 N–H and O–H groups in total. The molecule has 2 atom stereocenters. The Morgan fingerprint density at radius 2 is 1.46 bits per heavy atom.